The van der Waals surface area contributed by atoms with Gasteiger partial charge in [-0.3, -0.25) is 4.79 Å². The Morgan fingerprint density at radius 2 is 2.47 bits per heavy atom. The first kappa shape index (κ1) is 10.6. The molecule has 2 atom stereocenters. The Kier molecular flexibility index (Phi) is 3.05. The maximum atomic E-state index is 11.8. The first-order valence-electron chi connectivity index (χ1n) is 5.34. The molecule has 0 radical (unpaired) electrons. The fourth-order valence-corrected chi connectivity index (χ4v) is 2.95. The Morgan fingerprint density at radius 3 is 3.07 bits per heavy atom. The van der Waals surface area contributed by atoms with Crippen molar-refractivity contribution in [3.63, 3.8) is 0 Å². The first-order chi connectivity index (χ1) is 7.22. The van der Waals surface area contributed by atoms with E-state index in [-0.39, 0.29) is 5.92 Å². The molecule has 2 heterocycles. The topological polar surface area (TPSA) is 33.2 Å². The molecule has 0 N–H and O–H groups in total. The monoisotopic (exact) mass is 224 g/mol. The Labute approximate surface area is 94.1 Å². The summed E-state index contributed by atoms with van der Waals surface area (Å²) in [6, 6.07) is 0. The summed E-state index contributed by atoms with van der Waals surface area (Å²) in [6.07, 6.45) is 1.88. The highest BCUT2D eigenvalue weighted by Gasteiger charge is 2.37. The minimum atomic E-state index is 0.205. The molecule has 1 fully saturated rings. The van der Waals surface area contributed by atoms with Gasteiger partial charge in [-0.25, -0.2) is 4.98 Å². The van der Waals surface area contributed by atoms with E-state index in [1.54, 1.807) is 11.3 Å². The van der Waals surface area contributed by atoms with Crippen molar-refractivity contribution < 1.29 is 4.79 Å². The fraction of sp³-hybridized carbons (Fsp3) is 0.636. The van der Waals surface area contributed by atoms with Crippen molar-refractivity contribution >= 4 is 17.2 Å². The van der Waals surface area contributed by atoms with Crippen molar-refractivity contribution in [2.24, 2.45) is 11.8 Å². The SMILES string of the molecule is CCC1C(=O)N(C)CC1Cc1cscn1. The number of carbonyl (C=O) groups is 1. The van der Waals surface area contributed by atoms with Gasteiger partial charge < -0.3 is 4.90 Å². The van der Waals surface area contributed by atoms with Crippen molar-refractivity contribution in [1.29, 1.82) is 0 Å². The highest BCUT2D eigenvalue weighted by molar-refractivity contribution is 7.07. The molecule has 1 aliphatic rings. The van der Waals surface area contributed by atoms with Gasteiger partial charge in [0.15, 0.2) is 0 Å². The van der Waals surface area contributed by atoms with E-state index in [1.807, 2.05) is 17.5 Å². The maximum Gasteiger partial charge on any atom is 0.225 e. The van der Waals surface area contributed by atoms with Crippen LogP contribution in [0.3, 0.4) is 0 Å². The van der Waals surface area contributed by atoms with Crippen LogP contribution in [0.5, 0.6) is 0 Å². The zero-order valence-corrected chi connectivity index (χ0v) is 9.96. The van der Waals surface area contributed by atoms with Gasteiger partial charge in [-0.15, -0.1) is 11.3 Å². The second-order valence-corrected chi connectivity index (χ2v) is 4.90. The predicted molar refractivity (Wildman–Crippen MR) is 60.7 cm³/mol. The highest BCUT2D eigenvalue weighted by Crippen LogP contribution is 2.29. The van der Waals surface area contributed by atoms with Gasteiger partial charge in [0.2, 0.25) is 5.91 Å². The van der Waals surface area contributed by atoms with Crippen LogP contribution in [0.4, 0.5) is 0 Å². The normalized spacial score (nSPS) is 26.3. The minimum absolute atomic E-state index is 0.205. The summed E-state index contributed by atoms with van der Waals surface area (Å²) in [4.78, 5) is 17.9. The maximum absolute atomic E-state index is 11.8. The molecule has 1 aromatic heterocycles. The number of hydrogen-bond donors (Lipinski definition) is 0. The summed E-state index contributed by atoms with van der Waals surface area (Å²) in [6.45, 7) is 2.98. The summed E-state index contributed by atoms with van der Waals surface area (Å²) in [5, 5.41) is 2.08. The lowest BCUT2D eigenvalue weighted by Crippen LogP contribution is -2.22. The van der Waals surface area contributed by atoms with Crippen LogP contribution in [-0.2, 0) is 11.2 Å². The van der Waals surface area contributed by atoms with E-state index in [1.165, 1.54) is 0 Å². The first-order valence-corrected chi connectivity index (χ1v) is 6.28. The molecule has 0 aromatic carbocycles. The standard InChI is InChI=1S/C11H16N2OS/c1-3-10-8(5-13(2)11(10)14)4-9-6-15-7-12-9/h6-8,10H,3-5H2,1-2H3. The van der Waals surface area contributed by atoms with Gasteiger partial charge in [-0.1, -0.05) is 6.92 Å². The van der Waals surface area contributed by atoms with E-state index in [0.29, 0.717) is 11.8 Å². The number of amides is 1. The van der Waals surface area contributed by atoms with E-state index in [2.05, 4.69) is 17.3 Å². The van der Waals surface area contributed by atoms with E-state index >= 15 is 0 Å². The molecule has 2 rings (SSSR count). The fourth-order valence-electron chi connectivity index (χ4n) is 2.38. The van der Waals surface area contributed by atoms with Crippen molar-refractivity contribution in [2.45, 2.75) is 19.8 Å². The minimum Gasteiger partial charge on any atom is -0.345 e. The number of hydrogen-bond acceptors (Lipinski definition) is 3. The van der Waals surface area contributed by atoms with Gasteiger partial charge in [0.25, 0.3) is 0 Å². The molecule has 15 heavy (non-hydrogen) atoms. The van der Waals surface area contributed by atoms with Crippen LogP contribution in [-0.4, -0.2) is 29.4 Å². The molecule has 0 spiro atoms. The molecule has 0 saturated carbocycles. The number of thiazole rings is 1. The molecule has 2 unspecified atom stereocenters. The Bertz CT molecular complexity index is 336. The highest BCUT2D eigenvalue weighted by atomic mass is 32.1. The van der Waals surface area contributed by atoms with Gasteiger partial charge in [0.1, 0.15) is 0 Å². The van der Waals surface area contributed by atoms with E-state index < -0.39 is 0 Å². The van der Waals surface area contributed by atoms with E-state index in [4.69, 9.17) is 0 Å². The summed E-state index contributed by atoms with van der Waals surface area (Å²) in [5.74, 6) is 0.962. The Hall–Kier alpha value is -0.900. The number of nitrogens with zero attached hydrogens (tertiary/aromatic N) is 2. The number of likely N-dealkylation sites (tertiary alicyclic amines) is 1. The lowest BCUT2D eigenvalue weighted by molar-refractivity contribution is -0.130. The molecular weight excluding hydrogens is 208 g/mol. The summed E-state index contributed by atoms with van der Waals surface area (Å²) >= 11 is 1.62. The third kappa shape index (κ3) is 2.04. The van der Waals surface area contributed by atoms with Crippen LogP contribution in [0.2, 0.25) is 0 Å². The van der Waals surface area contributed by atoms with Gasteiger partial charge in [0, 0.05) is 24.9 Å². The van der Waals surface area contributed by atoms with Gasteiger partial charge in [-0.05, 0) is 18.8 Å². The molecule has 0 aliphatic carbocycles. The zero-order chi connectivity index (χ0) is 10.8. The van der Waals surface area contributed by atoms with Gasteiger partial charge in [-0.2, -0.15) is 0 Å². The van der Waals surface area contributed by atoms with Crippen molar-refractivity contribution in [3.8, 4) is 0 Å². The second kappa shape index (κ2) is 4.31. The van der Waals surface area contributed by atoms with E-state index in [9.17, 15) is 4.79 Å². The van der Waals surface area contributed by atoms with Crippen molar-refractivity contribution in [1.82, 2.24) is 9.88 Å². The van der Waals surface area contributed by atoms with Gasteiger partial charge >= 0.3 is 0 Å². The molecule has 1 aliphatic heterocycles. The van der Waals surface area contributed by atoms with Crippen LogP contribution in [0.1, 0.15) is 19.0 Å². The smallest absolute Gasteiger partial charge is 0.225 e. The number of rotatable bonds is 3. The lowest BCUT2D eigenvalue weighted by atomic mass is 9.89. The van der Waals surface area contributed by atoms with Crippen molar-refractivity contribution in [2.75, 3.05) is 13.6 Å². The molecule has 3 nitrogen and oxygen atoms in total. The molecule has 1 aromatic rings. The molecule has 1 amide bonds. The van der Waals surface area contributed by atoms with Gasteiger partial charge in [0.05, 0.1) is 11.2 Å². The molecule has 82 valence electrons. The van der Waals surface area contributed by atoms with Crippen molar-refractivity contribution in [3.05, 3.63) is 16.6 Å². The average Bonchev–Trinajstić information content (AvgIpc) is 2.78. The van der Waals surface area contributed by atoms with Crippen LogP contribution in [0.25, 0.3) is 0 Å². The average molecular weight is 224 g/mol. The van der Waals surface area contributed by atoms with Crippen LogP contribution in [0, 0.1) is 11.8 Å². The molecule has 0 bridgehead atoms. The Morgan fingerprint density at radius 1 is 1.67 bits per heavy atom. The predicted octanol–water partition coefficient (Wildman–Crippen LogP) is 1.80. The molecular formula is C11H16N2OS. The largest absolute Gasteiger partial charge is 0.345 e. The molecule has 4 heteroatoms. The third-order valence-corrected chi connectivity index (χ3v) is 3.80. The van der Waals surface area contributed by atoms with Crippen LogP contribution >= 0.6 is 11.3 Å². The number of carbonyl (C=O) groups excluding carboxylic acids is 1. The third-order valence-electron chi connectivity index (χ3n) is 3.17. The second-order valence-electron chi connectivity index (χ2n) is 4.18. The van der Waals surface area contributed by atoms with E-state index in [0.717, 1.165) is 25.1 Å². The number of aromatic nitrogens is 1. The van der Waals surface area contributed by atoms with Crippen LogP contribution < -0.4 is 0 Å². The summed E-state index contributed by atoms with van der Waals surface area (Å²) in [7, 11) is 1.89. The zero-order valence-electron chi connectivity index (χ0n) is 9.14. The Balaban J connectivity index is 2.06. The quantitative estimate of drug-likeness (QED) is 0.784. The summed E-state index contributed by atoms with van der Waals surface area (Å²) in [5.41, 5.74) is 2.99. The molecule has 1 saturated heterocycles. The summed E-state index contributed by atoms with van der Waals surface area (Å²) < 4.78 is 0. The lowest BCUT2D eigenvalue weighted by Gasteiger charge is -2.12. The van der Waals surface area contributed by atoms with Crippen LogP contribution in [0.15, 0.2) is 10.9 Å².